The minimum Gasteiger partial charge on any atom is -0.378 e. The van der Waals surface area contributed by atoms with E-state index < -0.39 is 14.7 Å². The van der Waals surface area contributed by atoms with Crippen molar-refractivity contribution < 1.29 is 9.63 Å². The predicted octanol–water partition coefficient (Wildman–Crippen LogP) is 1.32. The van der Waals surface area contributed by atoms with Crippen LogP contribution in [-0.2, 0) is 4.52 Å². The Hall–Kier alpha value is 0.850. The van der Waals surface area contributed by atoms with Crippen molar-refractivity contribution >= 4 is 31.7 Å². The van der Waals surface area contributed by atoms with E-state index in [4.69, 9.17) is 27.7 Å². The summed E-state index contributed by atoms with van der Waals surface area (Å²) in [6, 6.07) is 0. The third-order valence-electron chi connectivity index (χ3n) is 1.81. The first-order valence-electron chi connectivity index (χ1n) is 4.52. The Bertz CT molecular complexity index is 158. The Morgan fingerprint density at radius 1 is 1.43 bits per heavy atom. The summed E-state index contributed by atoms with van der Waals surface area (Å²) in [5.74, 6) is 1.08. The van der Waals surface area contributed by atoms with Gasteiger partial charge in [0.25, 0.3) is 0 Å². The maximum absolute atomic E-state index is 9.40. The highest BCUT2D eigenvalue weighted by molar-refractivity contribution is 7.47. The number of nitrogens with zero attached hydrogens (tertiary/aromatic N) is 1. The van der Waals surface area contributed by atoms with E-state index in [1.807, 2.05) is 4.67 Å². The summed E-state index contributed by atoms with van der Waals surface area (Å²) in [6.45, 7) is 2.03. The lowest BCUT2D eigenvalue weighted by Crippen LogP contribution is -2.38. The minimum atomic E-state index is -0.922. The van der Waals surface area contributed by atoms with E-state index in [1.165, 1.54) is 0 Å². The van der Waals surface area contributed by atoms with Crippen molar-refractivity contribution in [3.05, 3.63) is 0 Å². The van der Waals surface area contributed by atoms with Gasteiger partial charge in [-0.25, -0.2) is 9.76 Å². The highest BCUT2D eigenvalue weighted by Gasteiger charge is 2.25. The summed E-state index contributed by atoms with van der Waals surface area (Å²) in [4.78, 5) is 0. The summed E-state index contributed by atoms with van der Waals surface area (Å²) in [5.41, 5.74) is 0. The second kappa shape index (κ2) is 7.18. The average Bonchev–Trinajstić information content (AvgIpc) is 2.17. The normalized spacial score (nSPS) is 28.3. The SMILES string of the molecule is OC1CCOP(N(CCCl)CCCl)N1. The van der Waals surface area contributed by atoms with Crippen LogP contribution < -0.4 is 5.09 Å². The molecule has 0 saturated carbocycles. The lowest BCUT2D eigenvalue weighted by Gasteiger charge is -2.34. The zero-order valence-corrected chi connectivity index (χ0v) is 10.2. The maximum Gasteiger partial charge on any atom is 0.187 e. The first kappa shape index (κ1) is 12.9. The van der Waals surface area contributed by atoms with Crippen molar-refractivity contribution in [3.63, 3.8) is 0 Å². The van der Waals surface area contributed by atoms with Crippen molar-refractivity contribution in [1.82, 2.24) is 9.76 Å². The van der Waals surface area contributed by atoms with Crippen LogP contribution in [0.5, 0.6) is 0 Å². The van der Waals surface area contributed by atoms with E-state index in [-0.39, 0.29) is 0 Å². The van der Waals surface area contributed by atoms with Crippen LogP contribution in [0.15, 0.2) is 0 Å². The quantitative estimate of drug-likeness (QED) is 0.578. The minimum absolute atomic E-state index is 0.469. The Kier molecular flexibility index (Phi) is 6.62. The van der Waals surface area contributed by atoms with Crippen molar-refractivity contribution in [2.45, 2.75) is 12.6 Å². The summed E-state index contributed by atoms with van der Waals surface area (Å²) >= 11 is 11.3. The zero-order valence-electron chi connectivity index (χ0n) is 7.83. The fraction of sp³-hybridized carbons (Fsp3) is 1.00. The Balaban J connectivity index is 2.39. The van der Waals surface area contributed by atoms with Crippen LogP contribution in [-0.4, -0.2) is 47.5 Å². The molecule has 0 aromatic heterocycles. The van der Waals surface area contributed by atoms with Crippen LogP contribution in [0, 0.1) is 0 Å². The second-order valence-corrected chi connectivity index (χ2v) is 5.26. The van der Waals surface area contributed by atoms with E-state index >= 15 is 0 Å². The molecule has 1 aliphatic heterocycles. The van der Waals surface area contributed by atoms with Crippen LogP contribution in [0.4, 0.5) is 0 Å². The van der Waals surface area contributed by atoms with Crippen LogP contribution in [0.2, 0.25) is 0 Å². The first-order chi connectivity index (χ1) is 6.77. The van der Waals surface area contributed by atoms with Gasteiger partial charge in [-0.3, -0.25) is 0 Å². The molecule has 0 aromatic carbocycles. The molecule has 1 saturated heterocycles. The molecule has 0 spiro atoms. The van der Waals surface area contributed by atoms with E-state index in [0.717, 1.165) is 13.1 Å². The monoisotopic (exact) mass is 260 g/mol. The van der Waals surface area contributed by atoms with Gasteiger partial charge in [-0.15, -0.1) is 23.2 Å². The van der Waals surface area contributed by atoms with Crippen LogP contribution >= 0.6 is 31.7 Å². The standard InChI is InChI=1S/C7H15Cl2N2O2P/c8-2-4-11(5-3-9)14-10-7(12)1-6-13-14/h7,10,12H,1-6H2. The third-order valence-corrected chi connectivity index (χ3v) is 4.00. The predicted molar refractivity (Wildman–Crippen MR) is 59.6 cm³/mol. The summed E-state index contributed by atoms with van der Waals surface area (Å²) in [6.07, 6.45) is 0.164. The molecule has 2 unspecified atom stereocenters. The van der Waals surface area contributed by atoms with E-state index in [9.17, 15) is 5.11 Å². The third kappa shape index (κ3) is 4.15. The highest BCUT2D eigenvalue weighted by Crippen LogP contribution is 2.40. The number of hydrogen-bond donors (Lipinski definition) is 2. The molecule has 84 valence electrons. The van der Waals surface area contributed by atoms with Crippen molar-refractivity contribution in [3.8, 4) is 0 Å². The van der Waals surface area contributed by atoms with Gasteiger partial charge >= 0.3 is 0 Å². The molecule has 1 aliphatic rings. The van der Waals surface area contributed by atoms with Crippen molar-refractivity contribution in [2.24, 2.45) is 0 Å². The molecular formula is C7H15Cl2N2O2P. The smallest absolute Gasteiger partial charge is 0.187 e. The Labute approximate surface area is 95.4 Å². The van der Waals surface area contributed by atoms with Gasteiger partial charge in [-0.05, 0) is 0 Å². The second-order valence-electron chi connectivity index (χ2n) is 2.87. The molecule has 0 bridgehead atoms. The molecule has 1 rings (SSSR count). The molecule has 14 heavy (non-hydrogen) atoms. The fourth-order valence-corrected chi connectivity index (χ4v) is 3.40. The molecule has 2 N–H and O–H groups in total. The molecule has 4 nitrogen and oxygen atoms in total. The molecule has 1 fully saturated rings. The van der Waals surface area contributed by atoms with Gasteiger partial charge in [0.05, 0.1) is 6.61 Å². The number of aliphatic hydroxyl groups excluding tert-OH is 1. The first-order valence-corrected chi connectivity index (χ1v) is 6.80. The molecule has 0 aliphatic carbocycles. The van der Waals surface area contributed by atoms with Gasteiger partial charge < -0.3 is 9.63 Å². The molecule has 1 heterocycles. The van der Waals surface area contributed by atoms with Crippen LogP contribution in [0.1, 0.15) is 6.42 Å². The van der Waals surface area contributed by atoms with E-state index in [1.54, 1.807) is 0 Å². The summed E-state index contributed by atoms with van der Waals surface area (Å²) in [5, 5.41) is 12.4. The van der Waals surface area contributed by atoms with Crippen molar-refractivity contribution in [1.29, 1.82) is 0 Å². The lowest BCUT2D eigenvalue weighted by atomic mass is 10.4. The number of rotatable bonds is 5. The highest BCUT2D eigenvalue weighted by atomic mass is 35.5. The molecule has 0 amide bonds. The van der Waals surface area contributed by atoms with Gasteiger partial charge in [0.2, 0.25) is 0 Å². The van der Waals surface area contributed by atoms with Gasteiger partial charge in [-0.2, -0.15) is 0 Å². The number of hydrogen-bond acceptors (Lipinski definition) is 4. The topological polar surface area (TPSA) is 44.7 Å². The van der Waals surface area contributed by atoms with Crippen LogP contribution in [0.25, 0.3) is 0 Å². The van der Waals surface area contributed by atoms with Gasteiger partial charge in [0.1, 0.15) is 6.23 Å². The number of aliphatic hydroxyl groups is 1. The Morgan fingerprint density at radius 3 is 2.57 bits per heavy atom. The largest absolute Gasteiger partial charge is 0.378 e. The summed E-state index contributed by atoms with van der Waals surface area (Å²) < 4.78 is 7.56. The fourth-order valence-electron chi connectivity index (χ4n) is 1.13. The van der Waals surface area contributed by atoms with Gasteiger partial charge in [-0.1, -0.05) is 0 Å². The maximum atomic E-state index is 9.40. The van der Waals surface area contributed by atoms with Gasteiger partial charge in [0, 0.05) is 31.3 Å². The van der Waals surface area contributed by atoms with Crippen molar-refractivity contribution in [2.75, 3.05) is 31.5 Å². The number of nitrogens with one attached hydrogen (secondary N) is 1. The molecule has 7 heteroatoms. The van der Waals surface area contributed by atoms with Gasteiger partial charge in [0.15, 0.2) is 8.45 Å². The van der Waals surface area contributed by atoms with E-state index in [2.05, 4.69) is 5.09 Å². The molecule has 0 aromatic rings. The zero-order chi connectivity index (χ0) is 10.4. The van der Waals surface area contributed by atoms with E-state index in [0.29, 0.717) is 24.8 Å². The number of alkyl halides is 2. The number of halogens is 2. The molecule has 2 atom stereocenters. The molecule has 0 radical (unpaired) electrons. The Morgan fingerprint density at radius 2 is 2.07 bits per heavy atom. The lowest BCUT2D eigenvalue weighted by molar-refractivity contribution is 0.102. The summed E-state index contributed by atoms with van der Waals surface area (Å²) in [7, 11) is -0.922. The average molecular weight is 261 g/mol. The molecular weight excluding hydrogens is 246 g/mol. The van der Waals surface area contributed by atoms with Crippen LogP contribution in [0.3, 0.4) is 0 Å².